The van der Waals surface area contributed by atoms with Crippen LogP contribution in [0, 0.1) is 13.8 Å². The summed E-state index contributed by atoms with van der Waals surface area (Å²) >= 11 is 0. The van der Waals surface area contributed by atoms with Crippen molar-refractivity contribution in [1.82, 2.24) is 19.9 Å². The number of benzene rings is 1. The fraction of sp³-hybridized carbons (Fsp3) is 0.250. The molecule has 1 atom stereocenters. The molecule has 106 valence electrons. The maximum absolute atomic E-state index is 4.57. The molecule has 0 aliphatic rings. The van der Waals surface area contributed by atoms with Gasteiger partial charge in [0.25, 0.3) is 0 Å². The third-order valence-electron chi connectivity index (χ3n) is 3.53. The smallest absolute Gasteiger partial charge is 0.183 e. The van der Waals surface area contributed by atoms with Crippen LogP contribution in [0.25, 0.3) is 11.2 Å². The molecule has 0 bridgehead atoms. The second kappa shape index (κ2) is 5.44. The molecule has 1 unspecified atom stereocenters. The van der Waals surface area contributed by atoms with Gasteiger partial charge in [-0.1, -0.05) is 30.3 Å². The van der Waals surface area contributed by atoms with E-state index >= 15 is 0 Å². The molecule has 2 heterocycles. The van der Waals surface area contributed by atoms with Crippen LogP contribution >= 0.6 is 0 Å². The molecule has 3 rings (SSSR count). The number of nitrogens with one attached hydrogen (secondary N) is 1. The van der Waals surface area contributed by atoms with Crippen LogP contribution < -0.4 is 5.32 Å². The predicted molar refractivity (Wildman–Crippen MR) is 83.1 cm³/mol. The summed E-state index contributed by atoms with van der Waals surface area (Å²) in [5.74, 6) is 0.715. The Morgan fingerprint density at radius 1 is 0.952 bits per heavy atom. The molecule has 0 saturated heterocycles. The van der Waals surface area contributed by atoms with Gasteiger partial charge in [0.15, 0.2) is 17.0 Å². The van der Waals surface area contributed by atoms with Gasteiger partial charge in [-0.2, -0.15) is 0 Å². The number of hydrogen-bond acceptors (Lipinski definition) is 5. The van der Waals surface area contributed by atoms with Gasteiger partial charge in [0.05, 0.1) is 17.4 Å². The number of aryl methyl sites for hydroxylation is 2. The summed E-state index contributed by atoms with van der Waals surface area (Å²) < 4.78 is 0. The third-order valence-corrected chi connectivity index (χ3v) is 3.53. The standard InChI is InChI=1S/C16H17N5/c1-10-11(2)20-15-14(19-10)16(18-9-17-15)21-12(3)13-7-5-4-6-8-13/h4-9,12H,1-3H3,(H,17,18,20,21). The van der Waals surface area contributed by atoms with Gasteiger partial charge in [-0.05, 0) is 26.3 Å². The zero-order valence-corrected chi connectivity index (χ0v) is 12.3. The molecule has 0 aliphatic carbocycles. The lowest BCUT2D eigenvalue weighted by molar-refractivity contribution is 0.873. The SMILES string of the molecule is Cc1nc2ncnc(NC(C)c3ccccc3)c2nc1C. The molecular formula is C16H17N5. The molecule has 0 aliphatic heterocycles. The number of rotatable bonds is 3. The maximum atomic E-state index is 4.57. The molecule has 0 radical (unpaired) electrons. The topological polar surface area (TPSA) is 63.6 Å². The van der Waals surface area contributed by atoms with E-state index in [4.69, 9.17) is 0 Å². The van der Waals surface area contributed by atoms with Crippen molar-refractivity contribution < 1.29 is 0 Å². The highest BCUT2D eigenvalue weighted by atomic mass is 15.1. The summed E-state index contributed by atoms with van der Waals surface area (Å²) in [4.78, 5) is 17.6. The van der Waals surface area contributed by atoms with Crippen molar-refractivity contribution >= 4 is 17.0 Å². The Balaban J connectivity index is 1.99. The van der Waals surface area contributed by atoms with E-state index < -0.39 is 0 Å². The molecule has 5 nitrogen and oxygen atoms in total. The molecule has 0 amide bonds. The fourth-order valence-electron chi connectivity index (χ4n) is 2.18. The van der Waals surface area contributed by atoms with E-state index in [-0.39, 0.29) is 6.04 Å². The van der Waals surface area contributed by atoms with Crippen molar-refractivity contribution in [2.45, 2.75) is 26.8 Å². The lowest BCUT2D eigenvalue weighted by Gasteiger charge is -2.15. The fourth-order valence-corrected chi connectivity index (χ4v) is 2.18. The minimum Gasteiger partial charge on any atom is -0.362 e. The average molecular weight is 279 g/mol. The highest BCUT2D eigenvalue weighted by molar-refractivity contribution is 5.82. The van der Waals surface area contributed by atoms with Crippen LogP contribution in [0.2, 0.25) is 0 Å². The summed E-state index contributed by atoms with van der Waals surface area (Å²) in [6.45, 7) is 5.97. The molecule has 3 aromatic rings. The quantitative estimate of drug-likeness (QED) is 0.797. The maximum Gasteiger partial charge on any atom is 0.183 e. The molecule has 0 spiro atoms. The molecule has 1 N–H and O–H groups in total. The largest absolute Gasteiger partial charge is 0.362 e. The van der Waals surface area contributed by atoms with Gasteiger partial charge in [-0.3, -0.25) is 0 Å². The predicted octanol–water partition coefficient (Wildman–Crippen LogP) is 3.21. The number of aromatic nitrogens is 4. The van der Waals surface area contributed by atoms with E-state index in [0.29, 0.717) is 17.0 Å². The van der Waals surface area contributed by atoms with Crippen molar-refractivity contribution in [3.63, 3.8) is 0 Å². The summed E-state index contributed by atoms with van der Waals surface area (Å²) in [6.07, 6.45) is 1.52. The molecule has 2 aromatic heterocycles. The van der Waals surface area contributed by atoms with E-state index in [2.05, 4.69) is 44.3 Å². The van der Waals surface area contributed by atoms with E-state index in [0.717, 1.165) is 11.4 Å². The van der Waals surface area contributed by atoms with Crippen molar-refractivity contribution in [3.05, 3.63) is 53.6 Å². The number of nitrogens with zero attached hydrogens (tertiary/aromatic N) is 4. The van der Waals surface area contributed by atoms with E-state index in [9.17, 15) is 0 Å². The summed E-state index contributed by atoms with van der Waals surface area (Å²) in [7, 11) is 0. The molecule has 1 aromatic carbocycles. The van der Waals surface area contributed by atoms with Gasteiger partial charge in [-0.25, -0.2) is 19.9 Å². The second-order valence-corrected chi connectivity index (χ2v) is 5.07. The first-order chi connectivity index (χ1) is 10.1. The minimum absolute atomic E-state index is 0.132. The molecule has 5 heteroatoms. The summed E-state index contributed by atoms with van der Waals surface area (Å²) in [6, 6.07) is 10.4. The third kappa shape index (κ3) is 2.67. The Labute approximate surface area is 123 Å². The van der Waals surface area contributed by atoms with Crippen molar-refractivity contribution in [3.8, 4) is 0 Å². The monoisotopic (exact) mass is 279 g/mol. The van der Waals surface area contributed by atoms with Gasteiger partial charge in [0.2, 0.25) is 0 Å². The Bertz CT molecular complexity index is 770. The first kappa shape index (κ1) is 13.4. The van der Waals surface area contributed by atoms with Crippen LogP contribution in [0.4, 0.5) is 5.82 Å². The number of anilines is 1. The van der Waals surface area contributed by atoms with Crippen molar-refractivity contribution in [2.75, 3.05) is 5.32 Å². The van der Waals surface area contributed by atoms with Gasteiger partial charge in [-0.15, -0.1) is 0 Å². The Morgan fingerprint density at radius 3 is 2.43 bits per heavy atom. The lowest BCUT2D eigenvalue weighted by atomic mass is 10.1. The molecule has 0 saturated carbocycles. The summed E-state index contributed by atoms with van der Waals surface area (Å²) in [5, 5.41) is 3.39. The zero-order chi connectivity index (χ0) is 14.8. The van der Waals surface area contributed by atoms with Crippen molar-refractivity contribution in [1.29, 1.82) is 0 Å². The van der Waals surface area contributed by atoms with Crippen LogP contribution in [-0.4, -0.2) is 19.9 Å². The summed E-state index contributed by atoms with van der Waals surface area (Å²) in [5.41, 5.74) is 4.32. The van der Waals surface area contributed by atoms with Crippen LogP contribution in [0.1, 0.15) is 29.9 Å². The highest BCUT2D eigenvalue weighted by Gasteiger charge is 2.12. The van der Waals surface area contributed by atoms with Gasteiger partial charge < -0.3 is 5.32 Å². The highest BCUT2D eigenvalue weighted by Crippen LogP contribution is 2.22. The average Bonchev–Trinajstić information content (AvgIpc) is 2.50. The van der Waals surface area contributed by atoms with Crippen molar-refractivity contribution in [2.24, 2.45) is 0 Å². The Kier molecular flexibility index (Phi) is 3.48. The number of fused-ring (bicyclic) bond motifs is 1. The van der Waals surface area contributed by atoms with Crippen LogP contribution in [0.15, 0.2) is 36.7 Å². The van der Waals surface area contributed by atoms with E-state index in [1.54, 1.807) is 0 Å². The zero-order valence-electron chi connectivity index (χ0n) is 12.3. The van der Waals surface area contributed by atoms with Crippen LogP contribution in [0.3, 0.4) is 0 Å². The van der Waals surface area contributed by atoms with Gasteiger partial charge in [0.1, 0.15) is 6.33 Å². The molecule has 0 fully saturated rings. The van der Waals surface area contributed by atoms with Crippen LogP contribution in [0.5, 0.6) is 0 Å². The Hall–Kier alpha value is -2.56. The number of hydrogen-bond donors (Lipinski definition) is 1. The molecular weight excluding hydrogens is 262 g/mol. The molecule has 21 heavy (non-hydrogen) atoms. The van der Waals surface area contributed by atoms with Gasteiger partial charge >= 0.3 is 0 Å². The van der Waals surface area contributed by atoms with E-state index in [1.165, 1.54) is 11.9 Å². The van der Waals surface area contributed by atoms with Crippen LogP contribution in [-0.2, 0) is 0 Å². The van der Waals surface area contributed by atoms with Gasteiger partial charge in [0, 0.05) is 0 Å². The minimum atomic E-state index is 0.132. The first-order valence-corrected chi connectivity index (χ1v) is 6.92. The first-order valence-electron chi connectivity index (χ1n) is 6.92. The normalized spacial score (nSPS) is 12.3. The Morgan fingerprint density at radius 2 is 1.67 bits per heavy atom. The lowest BCUT2D eigenvalue weighted by Crippen LogP contribution is -2.10. The second-order valence-electron chi connectivity index (χ2n) is 5.07. The van der Waals surface area contributed by atoms with E-state index in [1.807, 2.05) is 32.0 Å².